The van der Waals surface area contributed by atoms with Crippen LogP contribution in [0.15, 0.2) is 0 Å². The van der Waals surface area contributed by atoms with Crippen LogP contribution in [0.1, 0.15) is 44.9 Å². The van der Waals surface area contributed by atoms with Crippen molar-refractivity contribution in [3.63, 3.8) is 0 Å². The van der Waals surface area contributed by atoms with Crippen molar-refractivity contribution in [3.05, 3.63) is 0 Å². The predicted molar refractivity (Wildman–Crippen MR) is 60.9 cm³/mol. The van der Waals surface area contributed by atoms with Gasteiger partial charge in [-0.25, -0.2) is 0 Å². The summed E-state index contributed by atoms with van der Waals surface area (Å²) in [5, 5.41) is 37.8. The summed E-state index contributed by atoms with van der Waals surface area (Å²) >= 11 is 0. The quantitative estimate of drug-likeness (QED) is 0.500. The average molecular weight is 232 g/mol. The lowest BCUT2D eigenvalue weighted by Gasteiger charge is -2.34. The van der Waals surface area contributed by atoms with E-state index in [1.54, 1.807) is 0 Å². The minimum Gasteiger partial charge on any atom is -0.396 e. The van der Waals surface area contributed by atoms with Crippen LogP contribution in [0.4, 0.5) is 0 Å². The van der Waals surface area contributed by atoms with Gasteiger partial charge in [0.25, 0.3) is 0 Å². The summed E-state index contributed by atoms with van der Waals surface area (Å²) in [5.74, 6) is -0.183. The van der Waals surface area contributed by atoms with Crippen molar-refractivity contribution < 1.29 is 20.4 Å². The lowest BCUT2D eigenvalue weighted by molar-refractivity contribution is -0.0521. The van der Waals surface area contributed by atoms with Gasteiger partial charge in [-0.15, -0.1) is 0 Å². The van der Waals surface area contributed by atoms with Crippen LogP contribution in [0.2, 0.25) is 0 Å². The third-order valence-electron chi connectivity index (χ3n) is 3.49. The van der Waals surface area contributed by atoms with Crippen molar-refractivity contribution in [3.8, 4) is 0 Å². The highest BCUT2D eigenvalue weighted by atomic mass is 16.3. The van der Waals surface area contributed by atoms with E-state index in [4.69, 9.17) is 5.11 Å². The number of unbranched alkanes of at least 4 members (excludes halogenated alkanes) is 2. The first kappa shape index (κ1) is 13.9. The first-order valence-electron chi connectivity index (χ1n) is 6.30. The van der Waals surface area contributed by atoms with Crippen LogP contribution in [-0.4, -0.2) is 45.3 Å². The molecule has 0 aromatic heterocycles. The van der Waals surface area contributed by atoms with Crippen LogP contribution < -0.4 is 0 Å². The van der Waals surface area contributed by atoms with Gasteiger partial charge >= 0.3 is 0 Å². The normalized spacial score (nSPS) is 32.6. The van der Waals surface area contributed by atoms with Crippen LogP contribution >= 0.6 is 0 Å². The summed E-state index contributed by atoms with van der Waals surface area (Å²) in [6.07, 6.45) is 3.52. The van der Waals surface area contributed by atoms with E-state index < -0.39 is 12.2 Å². The maximum absolute atomic E-state index is 9.93. The molecule has 4 nitrogen and oxygen atoms in total. The molecule has 1 rings (SSSR count). The zero-order chi connectivity index (χ0) is 12.0. The van der Waals surface area contributed by atoms with Gasteiger partial charge in [-0.2, -0.15) is 0 Å². The molecule has 16 heavy (non-hydrogen) atoms. The van der Waals surface area contributed by atoms with E-state index in [9.17, 15) is 15.3 Å². The molecule has 0 spiro atoms. The second-order valence-electron chi connectivity index (χ2n) is 4.84. The highest BCUT2D eigenvalue weighted by Crippen LogP contribution is 2.29. The average Bonchev–Trinajstić information content (AvgIpc) is 2.27. The number of aliphatic hydroxyl groups is 4. The SMILES string of the molecule is OCCCCCC(O)C1CC(O)CCC1O. The van der Waals surface area contributed by atoms with Crippen molar-refractivity contribution >= 4 is 0 Å². The van der Waals surface area contributed by atoms with Crippen LogP contribution in [0.25, 0.3) is 0 Å². The molecule has 0 radical (unpaired) electrons. The lowest BCUT2D eigenvalue weighted by atomic mass is 9.80. The van der Waals surface area contributed by atoms with Crippen LogP contribution in [0.5, 0.6) is 0 Å². The molecule has 0 heterocycles. The molecular formula is C12H24O4. The topological polar surface area (TPSA) is 80.9 Å². The van der Waals surface area contributed by atoms with Gasteiger partial charge in [-0.05, 0) is 32.1 Å². The molecule has 0 aromatic carbocycles. The number of rotatable bonds is 6. The number of hydrogen-bond acceptors (Lipinski definition) is 4. The highest BCUT2D eigenvalue weighted by molar-refractivity contribution is 4.84. The Morgan fingerprint density at radius 2 is 1.81 bits per heavy atom. The third-order valence-corrected chi connectivity index (χ3v) is 3.49. The molecule has 0 saturated heterocycles. The van der Waals surface area contributed by atoms with Gasteiger partial charge < -0.3 is 20.4 Å². The molecule has 0 aliphatic heterocycles. The van der Waals surface area contributed by atoms with E-state index in [1.807, 2.05) is 0 Å². The molecular weight excluding hydrogens is 208 g/mol. The summed E-state index contributed by atoms with van der Waals surface area (Å²) < 4.78 is 0. The fourth-order valence-corrected chi connectivity index (χ4v) is 2.44. The van der Waals surface area contributed by atoms with Crippen molar-refractivity contribution in [2.24, 2.45) is 5.92 Å². The Labute approximate surface area is 96.9 Å². The maximum atomic E-state index is 9.93. The fourth-order valence-electron chi connectivity index (χ4n) is 2.44. The Morgan fingerprint density at radius 3 is 2.50 bits per heavy atom. The third kappa shape index (κ3) is 4.37. The molecule has 1 fully saturated rings. The monoisotopic (exact) mass is 232 g/mol. The van der Waals surface area contributed by atoms with E-state index in [0.717, 1.165) is 19.3 Å². The molecule has 4 atom stereocenters. The Hall–Kier alpha value is -0.160. The Bertz CT molecular complexity index is 186. The molecule has 4 N–H and O–H groups in total. The number of hydrogen-bond donors (Lipinski definition) is 4. The minimum absolute atomic E-state index is 0.183. The van der Waals surface area contributed by atoms with Crippen molar-refractivity contribution in [1.82, 2.24) is 0 Å². The molecule has 4 unspecified atom stereocenters. The molecule has 1 saturated carbocycles. The Morgan fingerprint density at radius 1 is 1.06 bits per heavy atom. The second kappa shape index (κ2) is 7.22. The van der Waals surface area contributed by atoms with Gasteiger partial charge in [-0.1, -0.05) is 12.8 Å². The number of aliphatic hydroxyl groups excluding tert-OH is 4. The van der Waals surface area contributed by atoms with Crippen LogP contribution in [0.3, 0.4) is 0 Å². The van der Waals surface area contributed by atoms with E-state index in [0.29, 0.717) is 25.7 Å². The highest BCUT2D eigenvalue weighted by Gasteiger charge is 2.32. The first-order chi connectivity index (χ1) is 7.65. The smallest absolute Gasteiger partial charge is 0.0595 e. The van der Waals surface area contributed by atoms with Gasteiger partial charge in [0.1, 0.15) is 0 Å². The van der Waals surface area contributed by atoms with Gasteiger partial charge in [0.2, 0.25) is 0 Å². The summed E-state index contributed by atoms with van der Waals surface area (Å²) in [6, 6.07) is 0. The van der Waals surface area contributed by atoms with Gasteiger partial charge in [0.15, 0.2) is 0 Å². The largest absolute Gasteiger partial charge is 0.396 e. The zero-order valence-electron chi connectivity index (χ0n) is 9.76. The van der Waals surface area contributed by atoms with Crippen LogP contribution in [0, 0.1) is 5.92 Å². The van der Waals surface area contributed by atoms with E-state index in [2.05, 4.69) is 0 Å². The lowest BCUT2D eigenvalue weighted by Crippen LogP contribution is -2.39. The molecule has 1 aliphatic carbocycles. The summed E-state index contributed by atoms with van der Waals surface area (Å²) in [4.78, 5) is 0. The molecule has 4 heteroatoms. The van der Waals surface area contributed by atoms with Gasteiger partial charge in [-0.3, -0.25) is 0 Å². The fraction of sp³-hybridized carbons (Fsp3) is 1.00. The Balaban J connectivity index is 2.25. The van der Waals surface area contributed by atoms with Gasteiger partial charge in [0.05, 0.1) is 18.3 Å². The summed E-state index contributed by atoms with van der Waals surface area (Å²) in [6.45, 7) is 0.195. The van der Waals surface area contributed by atoms with Crippen molar-refractivity contribution in [2.75, 3.05) is 6.61 Å². The van der Waals surface area contributed by atoms with Crippen LogP contribution in [-0.2, 0) is 0 Å². The van der Waals surface area contributed by atoms with E-state index in [-0.39, 0.29) is 18.6 Å². The van der Waals surface area contributed by atoms with Crippen molar-refractivity contribution in [1.29, 1.82) is 0 Å². The van der Waals surface area contributed by atoms with E-state index in [1.165, 1.54) is 0 Å². The van der Waals surface area contributed by atoms with Crippen molar-refractivity contribution in [2.45, 2.75) is 63.3 Å². The predicted octanol–water partition coefficient (Wildman–Crippen LogP) is 0.422. The second-order valence-corrected chi connectivity index (χ2v) is 4.84. The minimum atomic E-state index is -0.524. The summed E-state index contributed by atoms with van der Waals surface area (Å²) in [5.41, 5.74) is 0. The standard InChI is InChI=1S/C12H24O4/c13-7-3-1-2-4-11(15)10-8-9(14)5-6-12(10)16/h9-16H,1-8H2. The zero-order valence-corrected chi connectivity index (χ0v) is 9.76. The van der Waals surface area contributed by atoms with E-state index >= 15 is 0 Å². The molecule has 0 amide bonds. The Kier molecular flexibility index (Phi) is 6.28. The molecule has 0 bridgehead atoms. The first-order valence-corrected chi connectivity index (χ1v) is 6.30. The molecule has 96 valence electrons. The molecule has 1 aliphatic rings. The maximum Gasteiger partial charge on any atom is 0.0595 e. The molecule has 0 aromatic rings. The van der Waals surface area contributed by atoms with Gasteiger partial charge in [0, 0.05) is 12.5 Å². The summed E-state index contributed by atoms with van der Waals surface area (Å²) in [7, 11) is 0.